The predicted octanol–water partition coefficient (Wildman–Crippen LogP) is 2.58. The molecule has 3 aliphatic heterocycles. The minimum absolute atomic E-state index is 0.00974. The number of rotatable bonds is 9. The highest BCUT2D eigenvalue weighted by atomic mass is 32.2. The number of ether oxygens (including phenoxy) is 3. The summed E-state index contributed by atoms with van der Waals surface area (Å²) in [6.45, 7) is 6.53. The Morgan fingerprint density at radius 3 is 2.67 bits per heavy atom. The van der Waals surface area contributed by atoms with E-state index >= 15 is 0 Å². The molecule has 3 aliphatic rings. The summed E-state index contributed by atoms with van der Waals surface area (Å²) >= 11 is 0. The maximum Gasteiger partial charge on any atom is 0.341 e. The minimum atomic E-state index is -3.22. The fourth-order valence-electron chi connectivity index (χ4n) is 5.71. The van der Waals surface area contributed by atoms with Gasteiger partial charge in [-0.25, -0.2) is 32.3 Å². The van der Waals surface area contributed by atoms with Crippen LogP contribution in [0.1, 0.15) is 43.0 Å². The maximum absolute atomic E-state index is 13.8. The van der Waals surface area contributed by atoms with E-state index in [1.165, 1.54) is 25.6 Å². The molecule has 2 aromatic rings. The van der Waals surface area contributed by atoms with E-state index < -0.39 is 21.8 Å². The number of nitrogens with one attached hydrogen (secondary N) is 1. The average Bonchev–Trinajstić information content (AvgIpc) is 2.94. The Bertz CT molecular complexity index is 1300. The van der Waals surface area contributed by atoms with E-state index in [1.54, 1.807) is 13.1 Å². The van der Waals surface area contributed by atoms with Crippen molar-refractivity contribution in [1.82, 2.24) is 19.6 Å². The van der Waals surface area contributed by atoms with Gasteiger partial charge in [-0.1, -0.05) is 0 Å². The Labute approximate surface area is 234 Å². The molecule has 1 N–H and O–H groups in total. The topological polar surface area (TPSA) is 123 Å². The SMILES string of the molecule is CCS(=O)(=O)N[C@@H]1CC[C@@H](CN2CCC3(CC2)CN(c2ncncc2Oc2ccc(F)cc2C(=O)OC)C3)OC1. The molecule has 3 fully saturated rings. The monoisotopic (exact) mass is 577 g/mol. The van der Waals surface area contributed by atoms with Gasteiger partial charge in [0.15, 0.2) is 11.6 Å². The molecule has 3 saturated heterocycles. The lowest BCUT2D eigenvalue weighted by molar-refractivity contribution is -0.0299. The number of carbonyl (C=O) groups excluding carboxylic acids is 1. The van der Waals surface area contributed by atoms with Crippen molar-refractivity contribution < 1.29 is 31.8 Å². The molecule has 0 radical (unpaired) electrons. The number of benzene rings is 1. The lowest BCUT2D eigenvalue weighted by Crippen LogP contribution is -2.61. The zero-order chi connectivity index (χ0) is 28.3. The molecule has 218 valence electrons. The average molecular weight is 578 g/mol. The normalized spacial score (nSPS) is 23.0. The fraction of sp³-hybridized carbons (Fsp3) is 0.593. The molecule has 11 nitrogen and oxygen atoms in total. The highest BCUT2D eigenvalue weighted by Gasteiger charge is 2.46. The summed E-state index contributed by atoms with van der Waals surface area (Å²) in [7, 11) is -1.98. The first-order chi connectivity index (χ1) is 19.2. The molecule has 0 saturated carbocycles. The molecule has 5 rings (SSSR count). The molecule has 0 amide bonds. The molecule has 40 heavy (non-hydrogen) atoms. The van der Waals surface area contributed by atoms with E-state index in [9.17, 15) is 17.6 Å². The summed E-state index contributed by atoms with van der Waals surface area (Å²) in [5, 5.41) is 0. The molecule has 1 aromatic carbocycles. The van der Waals surface area contributed by atoms with Gasteiger partial charge >= 0.3 is 5.97 Å². The Kier molecular flexibility index (Phi) is 8.55. The van der Waals surface area contributed by atoms with Crippen molar-refractivity contribution >= 4 is 21.8 Å². The van der Waals surface area contributed by atoms with Gasteiger partial charge in [-0.05, 0) is 63.9 Å². The summed E-state index contributed by atoms with van der Waals surface area (Å²) in [6, 6.07) is 3.56. The first kappa shape index (κ1) is 28.7. The highest BCUT2D eigenvalue weighted by molar-refractivity contribution is 7.89. The third kappa shape index (κ3) is 6.54. The quantitative estimate of drug-likeness (QED) is 0.445. The zero-order valence-corrected chi connectivity index (χ0v) is 23.7. The van der Waals surface area contributed by atoms with E-state index in [-0.39, 0.29) is 34.6 Å². The van der Waals surface area contributed by atoms with Gasteiger partial charge in [-0.2, -0.15) is 0 Å². The van der Waals surface area contributed by atoms with Crippen LogP contribution >= 0.6 is 0 Å². The van der Waals surface area contributed by atoms with Crippen LogP contribution in [0.25, 0.3) is 0 Å². The highest BCUT2D eigenvalue weighted by Crippen LogP contribution is 2.45. The smallest absolute Gasteiger partial charge is 0.341 e. The third-order valence-corrected chi connectivity index (χ3v) is 9.51. The molecule has 13 heteroatoms. The molecule has 4 heterocycles. The van der Waals surface area contributed by atoms with E-state index in [4.69, 9.17) is 14.2 Å². The number of halogens is 1. The molecule has 0 unspecified atom stereocenters. The van der Waals surface area contributed by atoms with Gasteiger partial charge in [0.2, 0.25) is 10.0 Å². The Hall–Kier alpha value is -2.87. The van der Waals surface area contributed by atoms with Crippen LogP contribution in [0, 0.1) is 11.2 Å². The molecule has 1 spiro atoms. The number of esters is 1. The fourth-order valence-corrected chi connectivity index (χ4v) is 6.57. The Morgan fingerprint density at radius 2 is 2.00 bits per heavy atom. The Balaban J connectivity index is 1.13. The van der Waals surface area contributed by atoms with Gasteiger partial charge < -0.3 is 24.0 Å². The van der Waals surface area contributed by atoms with Crippen LogP contribution in [-0.2, 0) is 19.5 Å². The van der Waals surface area contributed by atoms with Crippen LogP contribution in [-0.4, -0.2) is 93.6 Å². The largest absolute Gasteiger partial charge is 0.465 e. The zero-order valence-electron chi connectivity index (χ0n) is 22.8. The molecule has 2 atom stereocenters. The van der Waals surface area contributed by atoms with Gasteiger partial charge in [0.05, 0.1) is 31.8 Å². The molecular weight excluding hydrogens is 541 g/mol. The second-order valence-corrected chi connectivity index (χ2v) is 12.9. The van der Waals surface area contributed by atoms with E-state index in [1.807, 2.05) is 0 Å². The van der Waals surface area contributed by atoms with Crippen LogP contribution in [0.5, 0.6) is 11.5 Å². The summed E-state index contributed by atoms with van der Waals surface area (Å²) in [5.74, 6) is 0.0179. The number of aromatic nitrogens is 2. The van der Waals surface area contributed by atoms with Crippen molar-refractivity contribution in [2.45, 2.75) is 44.8 Å². The van der Waals surface area contributed by atoms with Crippen LogP contribution in [0.2, 0.25) is 0 Å². The van der Waals surface area contributed by atoms with Gasteiger partial charge in [0, 0.05) is 31.1 Å². The molecule has 0 aliphatic carbocycles. The molecule has 1 aromatic heterocycles. The van der Waals surface area contributed by atoms with E-state index in [2.05, 4.69) is 24.5 Å². The van der Waals surface area contributed by atoms with Crippen molar-refractivity contribution in [3.63, 3.8) is 0 Å². The lowest BCUT2D eigenvalue weighted by atomic mass is 9.72. The van der Waals surface area contributed by atoms with Gasteiger partial charge in [0.25, 0.3) is 0 Å². The standard InChI is InChI=1S/C27H36FN5O6S/c1-3-40(35,36)31-20-5-6-21(38-15-20)14-32-10-8-27(9-11-32)16-33(17-27)25-24(13-29-18-30-25)39-23-7-4-19(28)12-22(23)26(34)37-2/h4,7,12-13,18,20-21,31H,3,5-6,8-11,14-17H2,1-2H3/t20-,21+/m1/s1. The number of anilines is 1. The molecular formula is C27H36FN5O6S. The maximum atomic E-state index is 13.8. The second-order valence-electron chi connectivity index (χ2n) is 10.9. The first-order valence-electron chi connectivity index (χ1n) is 13.6. The number of piperidine rings is 1. The van der Waals surface area contributed by atoms with Crippen molar-refractivity contribution in [2.24, 2.45) is 5.41 Å². The number of carbonyl (C=O) groups is 1. The number of hydrogen-bond acceptors (Lipinski definition) is 10. The molecule has 0 bridgehead atoms. The number of likely N-dealkylation sites (tertiary alicyclic amines) is 1. The van der Waals surface area contributed by atoms with Gasteiger partial charge in [0.1, 0.15) is 23.5 Å². The Morgan fingerprint density at radius 1 is 1.23 bits per heavy atom. The number of methoxy groups -OCH3 is 1. The van der Waals surface area contributed by atoms with Gasteiger partial charge in [-0.3, -0.25) is 0 Å². The van der Waals surface area contributed by atoms with Crippen LogP contribution in [0.3, 0.4) is 0 Å². The number of sulfonamides is 1. The van der Waals surface area contributed by atoms with E-state index in [0.717, 1.165) is 64.5 Å². The van der Waals surface area contributed by atoms with Gasteiger partial charge in [-0.15, -0.1) is 0 Å². The first-order valence-corrected chi connectivity index (χ1v) is 15.3. The summed E-state index contributed by atoms with van der Waals surface area (Å²) < 4.78 is 56.9. The second kappa shape index (κ2) is 11.9. The van der Waals surface area contributed by atoms with Crippen LogP contribution < -0.4 is 14.4 Å². The number of hydrogen-bond donors (Lipinski definition) is 1. The summed E-state index contributed by atoms with van der Waals surface area (Å²) in [5.41, 5.74) is 0.187. The number of nitrogens with zero attached hydrogens (tertiary/aromatic N) is 4. The summed E-state index contributed by atoms with van der Waals surface area (Å²) in [6.07, 6.45) is 6.87. The predicted molar refractivity (Wildman–Crippen MR) is 146 cm³/mol. The van der Waals surface area contributed by atoms with Crippen LogP contribution in [0.4, 0.5) is 10.2 Å². The van der Waals surface area contributed by atoms with Crippen LogP contribution in [0.15, 0.2) is 30.7 Å². The lowest BCUT2D eigenvalue weighted by Gasteiger charge is -2.54. The van der Waals surface area contributed by atoms with Crippen molar-refractivity contribution in [2.75, 3.05) is 57.1 Å². The summed E-state index contributed by atoms with van der Waals surface area (Å²) in [4.78, 5) is 25.3. The third-order valence-electron chi connectivity index (χ3n) is 8.05. The van der Waals surface area contributed by atoms with Crippen molar-refractivity contribution in [3.8, 4) is 11.5 Å². The van der Waals surface area contributed by atoms with Crippen molar-refractivity contribution in [3.05, 3.63) is 42.1 Å². The van der Waals surface area contributed by atoms with E-state index in [0.29, 0.717) is 18.2 Å². The minimum Gasteiger partial charge on any atom is -0.465 e. The van der Waals surface area contributed by atoms with Crippen molar-refractivity contribution in [1.29, 1.82) is 0 Å².